The number of hydrogen-bond acceptors (Lipinski definition) is 4. The zero-order valence-electron chi connectivity index (χ0n) is 13.3. The van der Waals surface area contributed by atoms with Crippen molar-refractivity contribution in [1.82, 2.24) is 0 Å². The number of ether oxygens (including phenoxy) is 1. The molecule has 2 aromatic rings. The van der Waals surface area contributed by atoms with Crippen LogP contribution in [-0.2, 0) is 11.2 Å². The summed E-state index contributed by atoms with van der Waals surface area (Å²) >= 11 is 5.86. The van der Waals surface area contributed by atoms with Gasteiger partial charge in [0.15, 0.2) is 6.61 Å². The van der Waals surface area contributed by atoms with Gasteiger partial charge in [0.2, 0.25) is 0 Å². The van der Waals surface area contributed by atoms with Gasteiger partial charge in [-0.3, -0.25) is 14.9 Å². The highest BCUT2D eigenvalue weighted by molar-refractivity contribution is 6.33. The Balaban J connectivity index is 1.99. The van der Waals surface area contributed by atoms with Crippen LogP contribution >= 0.6 is 11.6 Å². The maximum absolute atomic E-state index is 12.0. The minimum absolute atomic E-state index is 0.0306. The van der Waals surface area contributed by atoms with Gasteiger partial charge in [-0.25, -0.2) is 0 Å². The fourth-order valence-electron chi connectivity index (χ4n) is 2.10. The predicted octanol–water partition coefficient (Wildman–Crippen LogP) is 4.14. The highest BCUT2D eigenvalue weighted by atomic mass is 35.5. The molecule has 0 aliphatic heterocycles. The Bertz CT molecular complexity index is 760. The molecule has 0 aliphatic carbocycles. The van der Waals surface area contributed by atoms with Crippen molar-refractivity contribution in [3.63, 3.8) is 0 Å². The van der Waals surface area contributed by atoms with Crippen LogP contribution in [0.4, 0.5) is 11.4 Å². The largest absolute Gasteiger partial charge is 0.484 e. The van der Waals surface area contributed by atoms with Crippen LogP contribution in [-0.4, -0.2) is 17.4 Å². The van der Waals surface area contributed by atoms with Crippen LogP contribution in [0.5, 0.6) is 5.75 Å². The van der Waals surface area contributed by atoms with Gasteiger partial charge in [0, 0.05) is 11.8 Å². The Morgan fingerprint density at radius 3 is 2.54 bits per heavy atom. The summed E-state index contributed by atoms with van der Waals surface area (Å²) < 4.78 is 5.42. The van der Waals surface area contributed by atoms with Crippen molar-refractivity contribution in [2.24, 2.45) is 0 Å². The molecule has 126 valence electrons. The molecule has 0 unspecified atom stereocenters. The maximum atomic E-state index is 12.0. The Morgan fingerprint density at radius 2 is 1.96 bits per heavy atom. The first-order valence-corrected chi connectivity index (χ1v) is 7.74. The van der Waals surface area contributed by atoms with Crippen LogP contribution in [0.3, 0.4) is 0 Å². The molecule has 0 fully saturated rings. The molecule has 0 saturated carbocycles. The standard InChI is InChI=1S/C17H17ClN2O4/c1-3-12-4-6-13(7-5-12)24-10-17(21)19-15-9-14(18)16(20(22)23)8-11(15)2/h4-9H,3,10H2,1-2H3,(H,19,21). The van der Waals surface area contributed by atoms with Gasteiger partial charge in [0.25, 0.3) is 11.6 Å². The van der Waals surface area contributed by atoms with Crippen molar-refractivity contribution in [2.75, 3.05) is 11.9 Å². The molecule has 0 aliphatic rings. The zero-order chi connectivity index (χ0) is 17.7. The zero-order valence-corrected chi connectivity index (χ0v) is 14.1. The van der Waals surface area contributed by atoms with E-state index in [0.717, 1.165) is 6.42 Å². The third-order valence-corrected chi connectivity index (χ3v) is 3.77. The summed E-state index contributed by atoms with van der Waals surface area (Å²) in [6.45, 7) is 3.55. The van der Waals surface area contributed by atoms with E-state index in [2.05, 4.69) is 12.2 Å². The van der Waals surface area contributed by atoms with E-state index in [1.807, 2.05) is 12.1 Å². The number of carbonyl (C=O) groups excluding carboxylic acids is 1. The minimum atomic E-state index is -0.565. The number of hydrogen-bond donors (Lipinski definition) is 1. The smallest absolute Gasteiger partial charge is 0.288 e. The highest BCUT2D eigenvalue weighted by Gasteiger charge is 2.16. The molecule has 2 rings (SSSR count). The van der Waals surface area contributed by atoms with E-state index < -0.39 is 4.92 Å². The SMILES string of the molecule is CCc1ccc(OCC(=O)Nc2cc(Cl)c([N+](=O)[O-])cc2C)cc1. The third-order valence-electron chi connectivity index (χ3n) is 3.47. The second kappa shape index (κ2) is 7.79. The first-order valence-electron chi connectivity index (χ1n) is 7.36. The fourth-order valence-corrected chi connectivity index (χ4v) is 2.33. The molecule has 24 heavy (non-hydrogen) atoms. The number of nitro benzene ring substituents is 1. The van der Waals surface area contributed by atoms with Gasteiger partial charge in [-0.15, -0.1) is 0 Å². The van der Waals surface area contributed by atoms with Gasteiger partial charge in [-0.05, 0) is 42.7 Å². The molecule has 0 spiro atoms. The van der Waals surface area contributed by atoms with E-state index in [1.54, 1.807) is 19.1 Å². The van der Waals surface area contributed by atoms with Crippen molar-refractivity contribution < 1.29 is 14.5 Å². The number of nitrogens with zero attached hydrogens (tertiary/aromatic N) is 1. The first kappa shape index (κ1) is 17.7. The summed E-state index contributed by atoms with van der Waals surface area (Å²) in [4.78, 5) is 22.2. The lowest BCUT2D eigenvalue weighted by molar-refractivity contribution is -0.384. The Kier molecular flexibility index (Phi) is 5.76. The second-order valence-corrected chi connectivity index (χ2v) is 5.62. The van der Waals surface area contributed by atoms with Gasteiger partial charge in [-0.1, -0.05) is 30.7 Å². The summed E-state index contributed by atoms with van der Waals surface area (Å²) in [7, 11) is 0. The highest BCUT2D eigenvalue weighted by Crippen LogP contribution is 2.30. The molecular weight excluding hydrogens is 332 g/mol. The van der Waals surface area contributed by atoms with Crippen LogP contribution in [0.15, 0.2) is 36.4 Å². The van der Waals surface area contributed by atoms with Gasteiger partial charge < -0.3 is 10.1 Å². The molecule has 7 heteroatoms. The molecule has 0 bridgehead atoms. The molecule has 0 radical (unpaired) electrons. The third kappa shape index (κ3) is 4.45. The van der Waals surface area contributed by atoms with Gasteiger partial charge in [0.05, 0.1) is 4.92 Å². The van der Waals surface area contributed by atoms with Crippen LogP contribution in [0.25, 0.3) is 0 Å². The van der Waals surface area contributed by atoms with Gasteiger partial charge in [0.1, 0.15) is 10.8 Å². The summed E-state index contributed by atoms with van der Waals surface area (Å²) in [5.74, 6) is 0.225. The van der Waals surface area contributed by atoms with Gasteiger partial charge >= 0.3 is 0 Å². The van der Waals surface area contributed by atoms with E-state index in [9.17, 15) is 14.9 Å². The van der Waals surface area contributed by atoms with E-state index in [4.69, 9.17) is 16.3 Å². The number of halogens is 1. The number of carbonyl (C=O) groups is 1. The monoisotopic (exact) mass is 348 g/mol. The van der Waals surface area contributed by atoms with Crippen molar-refractivity contribution >= 4 is 28.9 Å². The lowest BCUT2D eigenvalue weighted by Crippen LogP contribution is -2.20. The number of nitro groups is 1. The van der Waals surface area contributed by atoms with Crippen molar-refractivity contribution in [1.29, 1.82) is 0 Å². The first-order chi connectivity index (χ1) is 11.4. The average Bonchev–Trinajstić information content (AvgIpc) is 2.56. The number of anilines is 1. The number of amides is 1. The molecule has 1 amide bonds. The van der Waals surface area contributed by atoms with Gasteiger partial charge in [-0.2, -0.15) is 0 Å². The molecule has 0 heterocycles. The molecular formula is C17H17ClN2O4. The number of aryl methyl sites for hydroxylation is 2. The van der Waals surface area contributed by atoms with E-state index in [0.29, 0.717) is 17.0 Å². The van der Waals surface area contributed by atoms with Crippen LogP contribution < -0.4 is 10.1 Å². The van der Waals surface area contributed by atoms with Crippen molar-refractivity contribution in [3.8, 4) is 5.75 Å². The molecule has 2 aromatic carbocycles. The number of nitrogens with one attached hydrogen (secondary N) is 1. The Morgan fingerprint density at radius 1 is 1.29 bits per heavy atom. The maximum Gasteiger partial charge on any atom is 0.288 e. The number of rotatable bonds is 6. The lowest BCUT2D eigenvalue weighted by Gasteiger charge is -2.10. The average molecular weight is 349 g/mol. The molecule has 6 nitrogen and oxygen atoms in total. The summed E-state index contributed by atoms with van der Waals surface area (Å²) in [5.41, 5.74) is 1.95. The van der Waals surface area contributed by atoms with Crippen molar-refractivity contribution in [3.05, 3.63) is 62.7 Å². The van der Waals surface area contributed by atoms with Crippen LogP contribution in [0.2, 0.25) is 5.02 Å². The Hall–Kier alpha value is -2.60. The fraction of sp³-hybridized carbons (Fsp3) is 0.235. The molecule has 1 N–H and O–H groups in total. The lowest BCUT2D eigenvalue weighted by atomic mass is 10.1. The quantitative estimate of drug-likeness (QED) is 0.628. The topological polar surface area (TPSA) is 81.5 Å². The Labute approximate surface area is 144 Å². The predicted molar refractivity (Wildman–Crippen MR) is 92.8 cm³/mol. The van der Waals surface area contributed by atoms with Crippen LogP contribution in [0, 0.1) is 17.0 Å². The summed E-state index contributed by atoms with van der Waals surface area (Å²) in [5, 5.41) is 13.4. The van der Waals surface area contributed by atoms with Crippen molar-refractivity contribution in [2.45, 2.75) is 20.3 Å². The van der Waals surface area contributed by atoms with E-state index in [-0.39, 0.29) is 23.2 Å². The van der Waals surface area contributed by atoms with E-state index >= 15 is 0 Å². The number of benzene rings is 2. The normalized spacial score (nSPS) is 10.3. The molecule has 0 atom stereocenters. The summed E-state index contributed by atoms with van der Waals surface area (Å²) in [6.07, 6.45) is 0.931. The van der Waals surface area contributed by atoms with E-state index in [1.165, 1.54) is 17.7 Å². The molecule has 0 saturated heterocycles. The summed E-state index contributed by atoms with van der Waals surface area (Å²) in [6, 6.07) is 10.2. The van der Waals surface area contributed by atoms with Crippen LogP contribution in [0.1, 0.15) is 18.1 Å². The minimum Gasteiger partial charge on any atom is -0.484 e. The molecule has 0 aromatic heterocycles. The second-order valence-electron chi connectivity index (χ2n) is 5.21.